The van der Waals surface area contributed by atoms with E-state index in [4.69, 9.17) is 21.6 Å². The number of nitrogens with one attached hydrogen (secondary N) is 2. The number of carbonyl (C=O) groups excluding carboxylic acids is 1. The van der Waals surface area contributed by atoms with E-state index in [-0.39, 0.29) is 5.78 Å². The number of hydrogen-bond acceptors (Lipinski definition) is 7. The van der Waals surface area contributed by atoms with Gasteiger partial charge in [0.25, 0.3) is 0 Å². The summed E-state index contributed by atoms with van der Waals surface area (Å²) in [5.74, 6) is 0.216. The van der Waals surface area contributed by atoms with Crippen molar-refractivity contribution in [1.82, 2.24) is 9.97 Å². The van der Waals surface area contributed by atoms with Gasteiger partial charge in [-0.15, -0.1) is 0 Å². The molecule has 0 saturated carbocycles. The van der Waals surface area contributed by atoms with E-state index < -0.39 is 10.0 Å². The maximum absolute atomic E-state index is 13.9. The number of ketones is 1. The lowest BCUT2D eigenvalue weighted by molar-refractivity contribution is 0.104. The number of fused-ring (bicyclic) bond motifs is 2. The molecule has 0 radical (unpaired) electrons. The van der Waals surface area contributed by atoms with Crippen LogP contribution in [-0.2, 0) is 10.0 Å². The Morgan fingerprint density at radius 1 is 0.818 bits per heavy atom. The molecule has 44 heavy (non-hydrogen) atoms. The highest BCUT2D eigenvalue weighted by atomic mass is 35.5. The summed E-state index contributed by atoms with van der Waals surface area (Å²) >= 11 is 6.21. The lowest BCUT2D eigenvalue weighted by Crippen LogP contribution is -2.22. The minimum Gasteiger partial charge on any atom is -0.372 e. The van der Waals surface area contributed by atoms with Crippen molar-refractivity contribution in [3.05, 3.63) is 95.0 Å². The van der Waals surface area contributed by atoms with Gasteiger partial charge in [0.05, 0.1) is 34.4 Å². The summed E-state index contributed by atoms with van der Waals surface area (Å²) in [6.45, 7) is 9.63. The summed E-state index contributed by atoms with van der Waals surface area (Å²) in [6, 6.07) is 23.9. The number of anilines is 4. The quantitative estimate of drug-likeness (QED) is 0.175. The second kappa shape index (κ2) is 12.6. The Kier molecular flexibility index (Phi) is 8.90. The normalized spacial score (nSPS) is 11.8. The van der Waals surface area contributed by atoms with Crippen LogP contribution in [0.1, 0.15) is 43.6 Å². The smallest absolute Gasteiger partial charge is 0.229 e. The number of aromatic nitrogens is 2. The van der Waals surface area contributed by atoms with Crippen molar-refractivity contribution >= 4 is 61.1 Å². The van der Waals surface area contributed by atoms with Crippen LogP contribution < -0.4 is 14.9 Å². The predicted octanol–water partition coefficient (Wildman–Crippen LogP) is 8.15. The van der Waals surface area contributed by atoms with Crippen LogP contribution in [0.15, 0.2) is 78.9 Å². The fourth-order valence-corrected chi connectivity index (χ4v) is 6.18. The van der Waals surface area contributed by atoms with Gasteiger partial charge in [-0.2, -0.15) is 0 Å². The minimum atomic E-state index is -3.60. The monoisotopic (exact) mass is 627 g/mol. The highest BCUT2D eigenvalue weighted by Crippen LogP contribution is 2.43. The van der Waals surface area contributed by atoms with Crippen molar-refractivity contribution in [3.63, 3.8) is 0 Å². The Morgan fingerprint density at radius 3 is 2.23 bits per heavy atom. The van der Waals surface area contributed by atoms with E-state index in [9.17, 15) is 13.2 Å². The fourth-order valence-electron chi connectivity index (χ4n) is 5.42. The number of hydrogen-bond donors (Lipinski definition) is 2. The molecule has 0 unspecified atom stereocenters. The zero-order valence-electron chi connectivity index (χ0n) is 25.3. The summed E-state index contributed by atoms with van der Waals surface area (Å²) in [7, 11) is -3.60. The third kappa shape index (κ3) is 5.98. The molecule has 1 aliphatic carbocycles. The van der Waals surface area contributed by atoms with Crippen LogP contribution >= 0.6 is 11.6 Å². The van der Waals surface area contributed by atoms with Crippen molar-refractivity contribution in [1.29, 1.82) is 0 Å². The van der Waals surface area contributed by atoms with E-state index in [0.29, 0.717) is 61.1 Å². The Hall–Kier alpha value is -4.47. The number of halogens is 1. The summed E-state index contributed by atoms with van der Waals surface area (Å²) in [5, 5.41) is 4.55. The zero-order valence-corrected chi connectivity index (χ0v) is 26.8. The second-order valence-corrected chi connectivity index (χ2v) is 12.2. The first-order valence-electron chi connectivity index (χ1n) is 14.6. The van der Waals surface area contributed by atoms with E-state index in [1.165, 1.54) is 0 Å². The van der Waals surface area contributed by atoms with Gasteiger partial charge in [-0.3, -0.25) is 9.52 Å². The van der Waals surface area contributed by atoms with Crippen LogP contribution in [-0.4, -0.2) is 43.5 Å². The molecule has 2 N–H and O–H groups in total. The molecule has 1 heterocycles. The van der Waals surface area contributed by atoms with Crippen LogP contribution in [0.25, 0.3) is 33.5 Å². The van der Waals surface area contributed by atoms with Crippen LogP contribution in [0.5, 0.6) is 0 Å². The topological polar surface area (TPSA) is 104 Å². The zero-order chi connectivity index (χ0) is 31.6. The van der Waals surface area contributed by atoms with Crippen molar-refractivity contribution in [3.8, 4) is 22.6 Å². The van der Waals surface area contributed by atoms with Crippen LogP contribution in [0.3, 0.4) is 0 Å². The van der Waals surface area contributed by atoms with E-state index in [1.807, 2.05) is 88.4 Å². The van der Waals surface area contributed by atoms with Crippen molar-refractivity contribution in [2.75, 3.05) is 34.3 Å². The number of benzene rings is 4. The lowest BCUT2D eigenvalue weighted by atomic mass is 9.85. The molecule has 10 heteroatoms. The maximum Gasteiger partial charge on any atom is 0.229 e. The average molecular weight is 628 g/mol. The highest BCUT2D eigenvalue weighted by molar-refractivity contribution is 7.92. The van der Waals surface area contributed by atoms with Gasteiger partial charge in [0.15, 0.2) is 11.6 Å². The lowest BCUT2D eigenvalue weighted by Gasteiger charge is -2.24. The Labute approximate surface area is 263 Å². The van der Waals surface area contributed by atoms with Crippen LogP contribution in [0.4, 0.5) is 22.7 Å². The van der Waals surface area contributed by atoms with Crippen LogP contribution in [0.2, 0.25) is 5.02 Å². The molecule has 0 aliphatic heterocycles. The molecule has 4 aromatic carbocycles. The number of rotatable bonds is 8. The first kappa shape index (κ1) is 31.0. The van der Waals surface area contributed by atoms with E-state index >= 15 is 0 Å². The Balaban J connectivity index is 0.00000188. The molecular weight excluding hydrogens is 594 g/mol. The molecule has 6 rings (SSSR count). The van der Waals surface area contributed by atoms with Gasteiger partial charge in [-0.05, 0) is 62.4 Å². The Bertz CT molecular complexity index is 1990. The Morgan fingerprint density at radius 2 is 1.55 bits per heavy atom. The molecule has 0 amide bonds. The SMILES string of the molecule is CC.CCN(CC)c1ccc(-c2nc3c4c(c(Nc5cccc(Cl)c5)ccc4n2)C(=O)c2ccccc2-3)c(NS(C)(=O)=O)c1. The number of nitrogens with zero attached hydrogens (tertiary/aromatic N) is 3. The maximum atomic E-state index is 13.9. The standard InChI is InChI=1S/C32H28ClN5O3S.C2H6/c1-4-38(5-2)21-13-14-24(27(18-21)37-42(3,40)41)32-35-25-15-16-26(34-20-10-8-9-19(33)17-20)29-28(25)30(36-32)22-11-6-7-12-23(22)31(29)39;1-2/h6-18,34,37H,4-5H2,1-3H3;1-2H3. The van der Waals surface area contributed by atoms with E-state index in [1.54, 1.807) is 18.2 Å². The third-order valence-corrected chi connectivity index (χ3v) is 8.12. The molecule has 0 saturated heterocycles. The van der Waals surface area contributed by atoms with Gasteiger partial charge < -0.3 is 10.2 Å². The summed E-state index contributed by atoms with van der Waals surface area (Å²) < 4.78 is 27.4. The molecule has 0 bridgehead atoms. The van der Waals surface area contributed by atoms with Crippen molar-refractivity contribution < 1.29 is 13.2 Å². The first-order chi connectivity index (χ1) is 21.2. The third-order valence-electron chi connectivity index (χ3n) is 7.29. The molecule has 226 valence electrons. The minimum absolute atomic E-state index is 0.132. The highest BCUT2D eigenvalue weighted by Gasteiger charge is 2.30. The largest absolute Gasteiger partial charge is 0.372 e. The molecule has 0 spiro atoms. The van der Waals surface area contributed by atoms with Crippen molar-refractivity contribution in [2.24, 2.45) is 0 Å². The van der Waals surface area contributed by atoms with Crippen LogP contribution in [0, 0.1) is 0 Å². The molecule has 0 atom stereocenters. The average Bonchev–Trinajstić information content (AvgIpc) is 3.01. The fraction of sp³-hybridized carbons (Fsp3) is 0.206. The summed E-state index contributed by atoms with van der Waals surface area (Å²) in [4.78, 5) is 25.9. The van der Waals surface area contributed by atoms with Crippen molar-refractivity contribution in [2.45, 2.75) is 27.7 Å². The molecule has 0 fully saturated rings. The number of sulfonamides is 1. The van der Waals surface area contributed by atoms with Gasteiger partial charge in [0, 0.05) is 51.6 Å². The second-order valence-electron chi connectivity index (χ2n) is 10.1. The molecule has 5 aromatic rings. The predicted molar refractivity (Wildman–Crippen MR) is 182 cm³/mol. The van der Waals surface area contributed by atoms with Gasteiger partial charge in [0.2, 0.25) is 10.0 Å². The summed E-state index contributed by atoms with van der Waals surface area (Å²) in [6.07, 6.45) is 1.12. The van der Waals surface area contributed by atoms with Gasteiger partial charge >= 0.3 is 0 Å². The van der Waals surface area contributed by atoms with E-state index in [2.05, 4.69) is 14.9 Å². The van der Waals surface area contributed by atoms with Gasteiger partial charge in [-0.25, -0.2) is 18.4 Å². The first-order valence-corrected chi connectivity index (χ1v) is 16.8. The molecule has 1 aromatic heterocycles. The van der Waals surface area contributed by atoms with E-state index in [0.717, 1.165) is 30.7 Å². The molecule has 8 nitrogen and oxygen atoms in total. The molecule has 1 aliphatic rings. The molecular formula is C34H34ClN5O3S. The van der Waals surface area contributed by atoms with Gasteiger partial charge in [-0.1, -0.05) is 55.8 Å². The summed E-state index contributed by atoms with van der Waals surface area (Å²) in [5.41, 5.74) is 6.03. The number of carbonyl (C=O) groups is 1. The van der Waals surface area contributed by atoms with Gasteiger partial charge in [0.1, 0.15) is 0 Å².